The second-order valence-electron chi connectivity index (χ2n) is 8.72. The molecule has 3 aliphatic heterocycles. The third kappa shape index (κ3) is 5.96. The van der Waals surface area contributed by atoms with E-state index in [1.165, 1.54) is 19.4 Å². The summed E-state index contributed by atoms with van der Waals surface area (Å²) in [6.45, 7) is 3.54. The number of hydrogen-bond donors (Lipinski definition) is 3. The van der Waals surface area contributed by atoms with Crippen LogP contribution in [-0.4, -0.2) is 68.7 Å². The maximum atomic E-state index is 12.4. The number of anilines is 1. The number of aromatic nitrogens is 2. The molecule has 4 fully saturated rings. The fraction of sp³-hybridized carbons (Fsp3) is 0.375. The monoisotopic (exact) mass is 466 g/mol. The number of ether oxygens (including phenoxy) is 1. The summed E-state index contributed by atoms with van der Waals surface area (Å²) in [5.41, 5.74) is 1.07. The molecule has 1 amide bonds. The first-order valence-electron chi connectivity index (χ1n) is 11.1. The molecule has 6 rings (SSSR count). The predicted molar refractivity (Wildman–Crippen MR) is 121 cm³/mol. The Kier molecular flexibility index (Phi) is 7.17. The first kappa shape index (κ1) is 23.4. The molecule has 2 atom stereocenters. The van der Waals surface area contributed by atoms with Crippen LogP contribution < -0.4 is 10.1 Å². The highest BCUT2D eigenvalue weighted by molar-refractivity contribution is 6.02. The Morgan fingerprint density at radius 2 is 1.62 bits per heavy atom. The molecular formula is C24H26N4O6. The molecule has 3 N–H and O–H groups in total. The highest BCUT2D eigenvalue weighted by Gasteiger charge is 2.48. The van der Waals surface area contributed by atoms with Crippen molar-refractivity contribution in [1.82, 2.24) is 14.9 Å². The summed E-state index contributed by atoms with van der Waals surface area (Å²) in [5.74, 6) is -0.162. The number of hydrogen-bond acceptors (Lipinski definition) is 7. The van der Waals surface area contributed by atoms with E-state index in [4.69, 9.17) is 14.9 Å². The van der Waals surface area contributed by atoms with Crippen LogP contribution >= 0.6 is 0 Å². The molecule has 4 aliphatic rings. The van der Waals surface area contributed by atoms with E-state index in [1.807, 2.05) is 12.1 Å². The van der Waals surface area contributed by atoms with Gasteiger partial charge in [-0.15, -0.1) is 0 Å². The Labute approximate surface area is 196 Å². The first-order valence-corrected chi connectivity index (χ1v) is 11.1. The van der Waals surface area contributed by atoms with Gasteiger partial charge in [-0.1, -0.05) is 6.07 Å². The molecule has 178 valence electrons. The minimum Gasteiger partial charge on any atom is -0.478 e. The highest BCUT2D eigenvalue weighted by atomic mass is 16.5. The normalized spacial score (nSPS) is 26.4. The van der Waals surface area contributed by atoms with Crippen molar-refractivity contribution in [3.8, 4) is 5.88 Å². The molecule has 10 heteroatoms. The Morgan fingerprint density at radius 1 is 0.971 bits per heavy atom. The molecule has 34 heavy (non-hydrogen) atoms. The van der Waals surface area contributed by atoms with Crippen molar-refractivity contribution in [2.24, 2.45) is 17.8 Å². The molecular weight excluding hydrogens is 440 g/mol. The molecule has 3 saturated heterocycles. The zero-order valence-electron chi connectivity index (χ0n) is 18.4. The van der Waals surface area contributed by atoms with Crippen LogP contribution in [0.2, 0.25) is 0 Å². The molecule has 4 bridgehead atoms. The van der Waals surface area contributed by atoms with E-state index in [0.717, 1.165) is 19.0 Å². The maximum Gasteiger partial charge on any atom is 0.328 e. The van der Waals surface area contributed by atoms with Crippen LogP contribution in [-0.2, 0) is 9.59 Å². The number of pyridine rings is 2. The first-order chi connectivity index (χ1) is 16.4. The van der Waals surface area contributed by atoms with Crippen molar-refractivity contribution >= 4 is 23.5 Å². The van der Waals surface area contributed by atoms with E-state index < -0.39 is 11.9 Å². The van der Waals surface area contributed by atoms with Gasteiger partial charge in [0.25, 0.3) is 5.91 Å². The number of piperidine rings is 3. The van der Waals surface area contributed by atoms with Crippen molar-refractivity contribution in [1.29, 1.82) is 0 Å². The number of nitrogens with one attached hydrogen (secondary N) is 1. The molecule has 10 nitrogen and oxygen atoms in total. The lowest BCUT2D eigenvalue weighted by atomic mass is 9.66. The lowest BCUT2D eigenvalue weighted by Crippen LogP contribution is -2.61. The minimum absolute atomic E-state index is 0.230. The zero-order valence-corrected chi connectivity index (χ0v) is 18.4. The number of rotatable bonds is 6. The van der Waals surface area contributed by atoms with Gasteiger partial charge in [-0.3, -0.25) is 9.78 Å². The smallest absolute Gasteiger partial charge is 0.328 e. The van der Waals surface area contributed by atoms with E-state index in [9.17, 15) is 14.4 Å². The van der Waals surface area contributed by atoms with E-state index >= 15 is 0 Å². The molecule has 0 spiro atoms. The average molecular weight is 466 g/mol. The third-order valence-electron chi connectivity index (χ3n) is 6.22. The van der Waals surface area contributed by atoms with Crippen LogP contribution in [0.4, 0.5) is 5.69 Å². The quantitative estimate of drug-likeness (QED) is 0.546. The molecule has 2 unspecified atom stereocenters. The largest absolute Gasteiger partial charge is 0.478 e. The van der Waals surface area contributed by atoms with Gasteiger partial charge in [0.05, 0.1) is 0 Å². The summed E-state index contributed by atoms with van der Waals surface area (Å²) in [5, 5.41) is 18.5. The summed E-state index contributed by atoms with van der Waals surface area (Å²) >= 11 is 0. The molecule has 2 aromatic rings. The molecule has 2 aromatic heterocycles. The number of carboxylic acid groups (broad SMARTS) is 2. The van der Waals surface area contributed by atoms with Crippen LogP contribution in [0.15, 0.2) is 54.9 Å². The number of nitrogens with zero attached hydrogens (tertiary/aromatic N) is 3. The summed E-state index contributed by atoms with van der Waals surface area (Å²) in [6.07, 6.45) is 7.16. The standard InChI is InChI=1S/C20H22N4O2.C4H4O4/c25-20(22-16-4-6-21-7-5-16)17-2-1-3-18(23-17)26-19-14-8-13-9-15(19)12-24(10-13)11-14;5-3(6)1-2-4(7)8/h1-7,13-15,19H,8-12H2,(H,21,22,25);1-2H,(H,5,6)(H,7,8)/b;2-1+. The minimum atomic E-state index is -1.26. The lowest BCUT2D eigenvalue weighted by Gasteiger charge is -2.55. The summed E-state index contributed by atoms with van der Waals surface area (Å²) in [4.78, 5) is 42.5. The van der Waals surface area contributed by atoms with Gasteiger partial charge in [0.2, 0.25) is 5.88 Å². The number of aliphatic carboxylic acids is 2. The maximum absolute atomic E-state index is 12.4. The van der Waals surface area contributed by atoms with Crippen LogP contribution in [0, 0.1) is 17.8 Å². The summed E-state index contributed by atoms with van der Waals surface area (Å²) in [7, 11) is 0. The Balaban J connectivity index is 0.000000297. The SMILES string of the molecule is O=C(Nc1ccncc1)c1cccc(OC2C3CC4CC2CN(C4)C3)n1.O=C(O)/C=C/C(=O)O. The van der Waals surface area contributed by atoms with E-state index in [-0.39, 0.29) is 12.0 Å². The fourth-order valence-electron chi connectivity index (χ4n) is 5.08. The third-order valence-corrected chi connectivity index (χ3v) is 6.22. The number of carboxylic acids is 2. The highest BCUT2D eigenvalue weighted by Crippen LogP contribution is 2.44. The Morgan fingerprint density at radius 3 is 2.21 bits per heavy atom. The van der Waals surface area contributed by atoms with Gasteiger partial charge in [0, 0.05) is 67.8 Å². The van der Waals surface area contributed by atoms with Gasteiger partial charge in [0.15, 0.2) is 0 Å². The van der Waals surface area contributed by atoms with Gasteiger partial charge < -0.3 is 25.2 Å². The van der Waals surface area contributed by atoms with Crippen LogP contribution in [0.25, 0.3) is 0 Å². The number of amides is 1. The Bertz CT molecular complexity index is 1030. The van der Waals surface area contributed by atoms with Crippen LogP contribution in [0.3, 0.4) is 0 Å². The summed E-state index contributed by atoms with van der Waals surface area (Å²) in [6, 6.07) is 8.91. The van der Waals surface area contributed by atoms with E-state index in [2.05, 4.69) is 20.2 Å². The average Bonchev–Trinajstić information content (AvgIpc) is 2.81. The number of carbonyl (C=O) groups is 3. The predicted octanol–water partition coefficient (Wildman–Crippen LogP) is 2.16. The van der Waals surface area contributed by atoms with Gasteiger partial charge in [-0.2, -0.15) is 0 Å². The van der Waals surface area contributed by atoms with Gasteiger partial charge in [0.1, 0.15) is 11.8 Å². The Hall–Kier alpha value is -3.79. The second-order valence-corrected chi connectivity index (χ2v) is 8.72. The molecule has 1 aliphatic carbocycles. The fourth-order valence-corrected chi connectivity index (χ4v) is 5.08. The molecule has 1 saturated carbocycles. The van der Waals surface area contributed by atoms with E-state index in [0.29, 0.717) is 41.2 Å². The second kappa shape index (κ2) is 10.4. The molecule has 0 radical (unpaired) electrons. The zero-order chi connectivity index (χ0) is 24.1. The summed E-state index contributed by atoms with van der Waals surface area (Å²) < 4.78 is 6.30. The lowest BCUT2D eigenvalue weighted by molar-refractivity contribution is -0.134. The van der Waals surface area contributed by atoms with Crippen molar-refractivity contribution in [2.45, 2.75) is 18.9 Å². The van der Waals surface area contributed by atoms with Gasteiger partial charge >= 0.3 is 11.9 Å². The molecule has 0 aromatic carbocycles. The van der Waals surface area contributed by atoms with Crippen molar-refractivity contribution in [3.63, 3.8) is 0 Å². The van der Waals surface area contributed by atoms with E-state index in [1.54, 1.807) is 30.6 Å². The van der Waals surface area contributed by atoms with Gasteiger partial charge in [-0.25, -0.2) is 14.6 Å². The van der Waals surface area contributed by atoms with Crippen molar-refractivity contribution in [3.05, 3.63) is 60.6 Å². The molecule has 5 heterocycles. The van der Waals surface area contributed by atoms with Crippen molar-refractivity contribution < 1.29 is 29.3 Å². The van der Waals surface area contributed by atoms with Crippen LogP contribution in [0.5, 0.6) is 5.88 Å². The van der Waals surface area contributed by atoms with Crippen LogP contribution in [0.1, 0.15) is 23.3 Å². The van der Waals surface area contributed by atoms with Gasteiger partial charge in [-0.05, 0) is 37.0 Å². The topological polar surface area (TPSA) is 142 Å². The number of carbonyl (C=O) groups excluding carboxylic acids is 1. The van der Waals surface area contributed by atoms with Crippen molar-refractivity contribution in [2.75, 3.05) is 25.0 Å².